The van der Waals surface area contributed by atoms with Crippen molar-refractivity contribution in [2.24, 2.45) is 0 Å². The average molecular weight is 328 g/mol. The van der Waals surface area contributed by atoms with Crippen LogP contribution in [-0.4, -0.2) is 15.5 Å². The highest BCUT2D eigenvalue weighted by Crippen LogP contribution is 2.26. The van der Waals surface area contributed by atoms with Crippen molar-refractivity contribution in [2.45, 2.75) is 24.9 Å². The minimum Gasteiger partial charge on any atom is -0.315 e. The smallest absolute Gasteiger partial charge is 0.242 e. The first-order valence-corrected chi connectivity index (χ1v) is 8.76. The van der Waals surface area contributed by atoms with Gasteiger partial charge in [-0.15, -0.1) is 11.3 Å². The van der Waals surface area contributed by atoms with Crippen LogP contribution in [0.25, 0.3) is 0 Å². The van der Waals surface area contributed by atoms with Gasteiger partial charge < -0.3 is 5.32 Å². The second-order valence-corrected chi connectivity index (χ2v) is 7.32. The van der Waals surface area contributed by atoms with Gasteiger partial charge in [-0.2, -0.15) is 0 Å². The van der Waals surface area contributed by atoms with Crippen LogP contribution in [0.15, 0.2) is 34.5 Å². The lowest BCUT2D eigenvalue weighted by molar-refractivity contribution is 0.578. The topological polar surface area (TPSA) is 58.2 Å². The molecule has 0 aliphatic carbocycles. The number of sulfonamides is 1. The van der Waals surface area contributed by atoms with Gasteiger partial charge in [0.15, 0.2) is 0 Å². The van der Waals surface area contributed by atoms with E-state index in [9.17, 15) is 12.8 Å². The predicted octanol–water partition coefficient (Wildman–Crippen LogP) is 2.39. The summed E-state index contributed by atoms with van der Waals surface area (Å²) in [6.45, 7) is 2.33. The van der Waals surface area contributed by atoms with Crippen molar-refractivity contribution >= 4 is 21.4 Å². The van der Waals surface area contributed by atoms with Crippen molar-refractivity contribution in [3.05, 3.63) is 51.5 Å². The maximum atomic E-state index is 13.1. The van der Waals surface area contributed by atoms with E-state index >= 15 is 0 Å². The minimum atomic E-state index is -3.61. The van der Waals surface area contributed by atoms with Gasteiger partial charge in [0, 0.05) is 18.0 Å². The Morgan fingerprint density at radius 1 is 1.29 bits per heavy atom. The van der Waals surface area contributed by atoms with E-state index in [1.807, 2.05) is 5.38 Å². The number of nitrogens with one attached hydrogen (secondary N) is 2. The molecule has 2 N–H and O–H groups in total. The van der Waals surface area contributed by atoms with Crippen LogP contribution in [0.4, 0.5) is 4.39 Å². The van der Waals surface area contributed by atoms with E-state index in [0.29, 0.717) is 17.0 Å². The maximum Gasteiger partial charge on any atom is 0.242 e. The summed E-state index contributed by atoms with van der Waals surface area (Å²) >= 11 is 1.41. The van der Waals surface area contributed by atoms with Crippen molar-refractivity contribution in [3.8, 4) is 0 Å². The first-order chi connectivity index (χ1) is 9.94. The summed E-state index contributed by atoms with van der Waals surface area (Å²) in [5, 5.41) is 4.78. The summed E-state index contributed by atoms with van der Waals surface area (Å²) < 4.78 is 40.5. The SMILES string of the molecule is CNCc1scc(C)c1S(=O)(=O)NCc1cccc(F)c1. The van der Waals surface area contributed by atoms with Crippen LogP contribution in [0, 0.1) is 12.7 Å². The van der Waals surface area contributed by atoms with Crippen molar-refractivity contribution < 1.29 is 12.8 Å². The lowest BCUT2D eigenvalue weighted by Crippen LogP contribution is -2.25. The normalized spacial score (nSPS) is 11.8. The minimum absolute atomic E-state index is 0.0639. The Kier molecular flexibility index (Phi) is 5.10. The van der Waals surface area contributed by atoms with Crippen molar-refractivity contribution in [1.29, 1.82) is 0 Å². The Morgan fingerprint density at radius 3 is 2.71 bits per heavy atom. The zero-order valence-electron chi connectivity index (χ0n) is 11.8. The molecule has 0 aliphatic rings. The molecule has 0 spiro atoms. The molecular weight excluding hydrogens is 311 g/mol. The van der Waals surface area contributed by atoms with Gasteiger partial charge >= 0.3 is 0 Å². The fourth-order valence-electron chi connectivity index (χ4n) is 2.03. The van der Waals surface area contributed by atoms with Gasteiger partial charge in [0.2, 0.25) is 10.0 Å². The van der Waals surface area contributed by atoms with Crippen LogP contribution in [0.1, 0.15) is 16.0 Å². The molecule has 0 saturated heterocycles. The largest absolute Gasteiger partial charge is 0.315 e. The van der Waals surface area contributed by atoms with Gasteiger partial charge in [0.05, 0.1) is 0 Å². The molecule has 114 valence electrons. The molecule has 2 aromatic rings. The second kappa shape index (κ2) is 6.65. The second-order valence-electron chi connectivity index (χ2n) is 4.66. The molecule has 2 rings (SSSR count). The van der Waals surface area contributed by atoms with E-state index in [0.717, 1.165) is 10.4 Å². The summed E-state index contributed by atoms with van der Waals surface area (Å²) in [6, 6.07) is 5.88. The molecule has 0 radical (unpaired) electrons. The molecule has 1 heterocycles. The van der Waals surface area contributed by atoms with E-state index in [1.54, 1.807) is 26.1 Å². The summed E-state index contributed by atoms with van der Waals surface area (Å²) in [5.74, 6) is -0.380. The van der Waals surface area contributed by atoms with Crippen molar-refractivity contribution in [2.75, 3.05) is 7.05 Å². The lowest BCUT2D eigenvalue weighted by Gasteiger charge is -2.09. The van der Waals surface area contributed by atoms with E-state index in [1.165, 1.54) is 23.5 Å². The fourth-order valence-corrected chi connectivity index (χ4v) is 4.86. The molecule has 0 saturated carbocycles. The Morgan fingerprint density at radius 2 is 2.05 bits per heavy atom. The summed E-state index contributed by atoms with van der Waals surface area (Å²) in [7, 11) is -1.84. The average Bonchev–Trinajstić information content (AvgIpc) is 2.79. The number of benzene rings is 1. The molecule has 0 atom stereocenters. The molecule has 1 aromatic heterocycles. The molecule has 0 bridgehead atoms. The van der Waals surface area contributed by atoms with Crippen LogP contribution in [0.5, 0.6) is 0 Å². The third-order valence-electron chi connectivity index (χ3n) is 2.95. The third-order valence-corrected chi connectivity index (χ3v) is 5.81. The van der Waals surface area contributed by atoms with Crippen LogP contribution in [0.2, 0.25) is 0 Å². The van der Waals surface area contributed by atoms with Crippen LogP contribution in [0.3, 0.4) is 0 Å². The van der Waals surface area contributed by atoms with Gasteiger partial charge in [0.1, 0.15) is 10.7 Å². The Balaban J connectivity index is 2.21. The molecule has 7 heteroatoms. The van der Waals surface area contributed by atoms with E-state index in [2.05, 4.69) is 10.0 Å². The zero-order chi connectivity index (χ0) is 15.5. The van der Waals surface area contributed by atoms with Crippen molar-refractivity contribution in [3.63, 3.8) is 0 Å². The molecule has 0 amide bonds. The summed E-state index contributed by atoms with van der Waals surface area (Å²) in [4.78, 5) is 1.08. The van der Waals surface area contributed by atoms with E-state index < -0.39 is 10.0 Å². The number of halogens is 1. The molecule has 1 aromatic carbocycles. The summed E-state index contributed by atoms with van der Waals surface area (Å²) in [5.41, 5.74) is 1.30. The Labute approximate surface area is 128 Å². The molecule has 21 heavy (non-hydrogen) atoms. The number of hydrogen-bond donors (Lipinski definition) is 2. The highest BCUT2D eigenvalue weighted by Gasteiger charge is 2.22. The monoisotopic (exact) mass is 328 g/mol. The first-order valence-electron chi connectivity index (χ1n) is 6.39. The van der Waals surface area contributed by atoms with Gasteiger partial charge in [-0.3, -0.25) is 0 Å². The molecular formula is C14H17FN2O2S2. The number of hydrogen-bond acceptors (Lipinski definition) is 4. The Bertz CT molecular complexity index is 726. The number of aryl methyl sites for hydroxylation is 1. The van der Waals surface area contributed by atoms with Crippen LogP contribution >= 0.6 is 11.3 Å². The van der Waals surface area contributed by atoms with E-state index in [-0.39, 0.29) is 12.4 Å². The highest BCUT2D eigenvalue weighted by molar-refractivity contribution is 7.89. The Hall–Kier alpha value is -1.28. The quantitative estimate of drug-likeness (QED) is 0.856. The van der Waals surface area contributed by atoms with Gasteiger partial charge in [-0.25, -0.2) is 17.5 Å². The van der Waals surface area contributed by atoms with Gasteiger partial charge in [-0.1, -0.05) is 12.1 Å². The lowest BCUT2D eigenvalue weighted by atomic mass is 10.2. The molecule has 4 nitrogen and oxygen atoms in total. The predicted molar refractivity (Wildman–Crippen MR) is 82.2 cm³/mol. The number of rotatable bonds is 6. The highest BCUT2D eigenvalue weighted by atomic mass is 32.2. The zero-order valence-corrected chi connectivity index (χ0v) is 13.4. The van der Waals surface area contributed by atoms with Crippen molar-refractivity contribution in [1.82, 2.24) is 10.0 Å². The molecule has 0 fully saturated rings. The van der Waals surface area contributed by atoms with Gasteiger partial charge in [-0.05, 0) is 42.6 Å². The summed E-state index contributed by atoms with van der Waals surface area (Å²) in [6.07, 6.45) is 0. The first kappa shape index (κ1) is 16.1. The number of thiophene rings is 1. The van der Waals surface area contributed by atoms with Crippen LogP contribution in [-0.2, 0) is 23.1 Å². The van der Waals surface area contributed by atoms with E-state index in [4.69, 9.17) is 0 Å². The molecule has 0 aliphatic heterocycles. The third kappa shape index (κ3) is 3.88. The van der Waals surface area contributed by atoms with Gasteiger partial charge in [0.25, 0.3) is 0 Å². The van der Waals surface area contributed by atoms with Crippen LogP contribution < -0.4 is 10.0 Å². The maximum absolute atomic E-state index is 13.1. The molecule has 0 unspecified atom stereocenters. The fraction of sp³-hybridized carbons (Fsp3) is 0.286. The standard InChI is InChI=1S/C14H17FN2O2S2/c1-10-9-20-13(8-16-2)14(10)21(18,19)17-7-11-4-3-5-12(15)6-11/h3-6,9,16-17H,7-8H2,1-2H3.